The van der Waals surface area contributed by atoms with Crippen molar-refractivity contribution in [1.82, 2.24) is 15.1 Å². The fourth-order valence-corrected chi connectivity index (χ4v) is 2.71. The van der Waals surface area contributed by atoms with Crippen molar-refractivity contribution in [2.45, 2.75) is 19.4 Å². The molecule has 3 rings (SSSR count). The minimum absolute atomic E-state index is 0.507. The van der Waals surface area contributed by atoms with Gasteiger partial charge in [-0.15, -0.1) is 0 Å². The molecule has 1 fully saturated rings. The molecule has 4 heteroatoms. The molecule has 0 aliphatic carbocycles. The third-order valence-electron chi connectivity index (χ3n) is 3.48. The second-order valence-electron chi connectivity index (χ2n) is 4.76. The molecule has 0 saturated carbocycles. The Morgan fingerprint density at radius 3 is 2.78 bits per heavy atom. The van der Waals surface area contributed by atoms with Gasteiger partial charge >= 0.3 is 0 Å². The summed E-state index contributed by atoms with van der Waals surface area (Å²) in [4.78, 5) is 0. The van der Waals surface area contributed by atoms with Gasteiger partial charge in [0.1, 0.15) is 0 Å². The Bertz CT molecular complexity index is 539. The topological polar surface area (TPSA) is 29.9 Å². The van der Waals surface area contributed by atoms with Gasteiger partial charge in [-0.3, -0.25) is 4.68 Å². The molecule has 1 unspecified atom stereocenters. The maximum Gasteiger partial charge on any atom is 0.0672 e. The predicted octanol–water partition coefficient (Wildman–Crippen LogP) is 3.16. The van der Waals surface area contributed by atoms with Gasteiger partial charge in [-0.25, -0.2) is 0 Å². The molecule has 2 heterocycles. The van der Waals surface area contributed by atoms with Crippen LogP contribution in [0.2, 0.25) is 0 Å². The summed E-state index contributed by atoms with van der Waals surface area (Å²) in [6.07, 6.45) is 3.34. The fourth-order valence-electron chi connectivity index (χ4n) is 2.45. The van der Waals surface area contributed by atoms with Crippen molar-refractivity contribution in [3.8, 4) is 11.1 Å². The molecule has 1 aromatic heterocycles. The highest BCUT2D eigenvalue weighted by atomic mass is 79.9. The van der Waals surface area contributed by atoms with Gasteiger partial charge in [0.05, 0.1) is 11.7 Å². The van der Waals surface area contributed by atoms with Crippen molar-refractivity contribution < 1.29 is 0 Å². The van der Waals surface area contributed by atoms with Crippen molar-refractivity contribution in [2.24, 2.45) is 0 Å². The molecule has 1 atom stereocenters. The van der Waals surface area contributed by atoms with E-state index in [0.29, 0.717) is 6.04 Å². The first-order valence-corrected chi connectivity index (χ1v) is 7.06. The smallest absolute Gasteiger partial charge is 0.0672 e. The van der Waals surface area contributed by atoms with E-state index in [1.165, 1.54) is 17.5 Å². The molecule has 0 spiro atoms. The summed E-state index contributed by atoms with van der Waals surface area (Å²) in [5.41, 5.74) is 3.56. The quantitative estimate of drug-likeness (QED) is 0.923. The van der Waals surface area contributed by atoms with E-state index in [9.17, 15) is 0 Å². The van der Waals surface area contributed by atoms with Crippen LogP contribution >= 0.6 is 15.9 Å². The molecule has 0 radical (unpaired) electrons. The summed E-state index contributed by atoms with van der Waals surface area (Å²) in [6, 6.07) is 8.91. The number of halogens is 1. The molecule has 1 aliphatic heterocycles. The second-order valence-corrected chi connectivity index (χ2v) is 5.68. The summed E-state index contributed by atoms with van der Waals surface area (Å²) in [7, 11) is 0. The van der Waals surface area contributed by atoms with Crippen molar-refractivity contribution in [2.75, 3.05) is 13.1 Å². The predicted molar refractivity (Wildman–Crippen MR) is 76.6 cm³/mol. The van der Waals surface area contributed by atoms with Gasteiger partial charge in [-0.05, 0) is 37.6 Å². The monoisotopic (exact) mass is 305 g/mol. The zero-order chi connectivity index (χ0) is 12.5. The molecule has 18 heavy (non-hydrogen) atoms. The molecule has 3 nitrogen and oxygen atoms in total. The highest BCUT2D eigenvalue weighted by molar-refractivity contribution is 9.10. The van der Waals surface area contributed by atoms with Crippen molar-refractivity contribution in [3.05, 3.63) is 40.6 Å². The first-order chi connectivity index (χ1) is 8.74. The molecule has 94 valence electrons. The third-order valence-corrected chi connectivity index (χ3v) is 4.01. The van der Waals surface area contributed by atoms with Gasteiger partial charge < -0.3 is 5.32 Å². The molecule has 0 amide bonds. The lowest BCUT2D eigenvalue weighted by molar-refractivity contribution is 0.488. The summed E-state index contributed by atoms with van der Waals surface area (Å²) < 4.78 is 3.23. The molecule has 1 aliphatic rings. The number of nitrogens with one attached hydrogen (secondary N) is 1. The van der Waals surface area contributed by atoms with Crippen LogP contribution in [0.25, 0.3) is 11.1 Å². The van der Waals surface area contributed by atoms with Gasteiger partial charge in [0.2, 0.25) is 0 Å². The number of aromatic nitrogens is 2. The van der Waals surface area contributed by atoms with Crippen LogP contribution in [0.3, 0.4) is 0 Å². The van der Waals surface area contributed by atoms with Crippen molar-refractivity contribution in [3.63, 3.8) is 0 Å². The Labute approximate surface area is 115 Å². The summed E-state index contributed by atoms with van der Waals surface area (Å²) in [6.45, 7) is 4.20. The first kappa shape index (κ1) is 11.9. The van der Waals surface area contributed by atoms with E-state index >= 15 is 0 Å². The maximum absolute atomic E-state index is 4.66. The molecule has 1 aromatic carbocycles. The van der Waals surface area contributed by atoms with Gasteiger partial charge in [0, 0.05) is 22.8 Å². The Morgan fingerprint density at radius 1 is 1.33 bits per heavy atom. The van der Waals surface area contributed by atoms with Gasteiger partial charge in [0.25, 0.3) is 0 Å². The summed E-state index contributed by atoms with van der Waals surface area (Å²) in [5, 5.41) is 8.04. The van der Waals surface area contributed by atoms with Crippen molar-refractivity contribution >= 4 is 15.9 Å². The minimum atomic E-state index is 0.507. The fraction of sp³-hybridized carbons (Fsp3) is 0.357. The van der Waals surface area contributed by atoms with Gasteiger partial charge in [-0.2, -0.15) is 5.10 Å². The molecule has 0 bridgehead atoms. The minimum Gasteiger partial charge on any atom is -0.315 e. The third kappa shape index (κ3) is 2.22. The zero-order valence-corrected chi connectivity index (χ0v) is 11.9. The highest BCUT2D eigenvalue weighted by Crippen LogP contribution is 2.26. The molecular weight excluding hydrogens is 290 g/mol. The lowest BCUT2D eigenvalue weighted by Gasteiger charge is -2.07. The van der Waals surface area contributed by atoms with E-state index in [0.717, 1.165) is 23.3 Å². The first-order valence-electron chi connectivity index (χ1n) is 6.26. The summed E-state index contributed by atoms with van der Waals surface area (Å²) >= 11 is 3.47. The van der Waals surface area contributed by atoms with Gasteiger partial charge in [0.15, 0.2) is 0 Å². The van der Waals surface area contributed by atoms with Crippen LogP contribution in [0.1, 0.15) is 18.2 Å². The number of hydrogen-bond acceptors (Lipinski definition) is 2. The SMILES string of the molecule is Cc1nn(C2CCNC2)cc1-c1ccc(Br)cc1. The largest absolute Gasteiger partial charge is 0.315 e. The van der Waals surface area contributed by atoms with Crippen LogP contribution in [0, 0.1) is 6.92 Å². The van der Waals surface area contributed by atoms with Crippen LogP contribution < -0.4 is 5.32 Å². The number of hydrogen-bond donors (Lipinski definition) is 1. The zero-order valence-electron chi connectivity index (χ0n) is 10.4. The highest BCUT2D eigenvalue weighted by Gasteiger charge is 2.18. The van der Waals surface area contributed by atoms with E-state index in [4.69, 9.17) is 0 Å². The Hall–Kier alpha value is -1.13. The van der Waals surface area contributed by atoms with Crippen molar-refractivity contribution in [1.29, 1.82) is 0 Å². The van der Waals surface area contributed by atoms with Crippen LogP contribution in [0.4, 0.5) is 0 Å². The normalized spacial score (nSPS) is 19.3. The molecular formula is C14H16BrN3. The Balaban J connectivity index is 1.94. The van der Waals surface area contributed by atoms with E-state index in [2.05, 4.69) is 68.4 Å². The van der Waals surface area contributed by atoms with Crippen LogP contribution in [0.15, 0.2) is 34.9 Å². The number of aryl methyl sites for hydroxylation is 1. The van der Waals surface area contributed by atoms with E-state index < -0.39 is 0 Å². The van der Waals surface area contributed by atoms with Gasteiger partial charge in [-0.1, -0.05) is 28.1 Å². The number of nitrogens with zero attached hydrogens (tertiary/aromatic N) is 2. The molecule has 1 N–H and O–H groups in total. The second kappa shape index (κ2) is 4.86. The lowest BCUT2D eigenvalue weighted by atomic mass is 10.1. The van der Waals surface area contributed by atoms with Crippen LogP contribution in [-0.2, 0) is 0 Å². The molecule has 2 aromatic rings. The maximum atomic E-state index is 4.66. The Morgan fingerprint density at radius 2 is 2.11 bits per heavy atom. The Kier molecular flexibility index (Phi) is 3.22. The molecule has 1 saturated heterocycles. The average Bonchev–Trinajstić information content (AvgIpc) is 2.99. The number of rotatable bonds is 2. The number of benzene rings is 1. The lowest BCUT2D eigenvalue weighted by Crippen LogP contribution is -2.13. The van der Waals surface area contributed by atoms with E-state index in [1.807, 2.05) is 0 Å². The van der Waals surface area contributed by atoms with Crippen LogP contribution in [-0.4, -0.2) is 22.9 Å². The van der Waals surface area contributed by atoms with Crippen LogP contribution in [0.5, 0.6) is 0 Å². The average molecular weight is 306 g/mol. The summed E-state index contributed by atoms with van der Waals surface area (Å²) in [5.74, 6) is 0. The van der Waals surface area contributed by atoms with E-state index in [-0.39, 0.29) is 0 Å². The van der Waals surface area contributed by atoms with E-state index in [1.54, 1.807) is 0 Å². The standard InChI is InChI=1S/C14H16BrN3/c1-10-14(11-2-4-12(15)5-3-11)9-18(17-10)13-6-7-16-8-13/h2-5,9,13,16H,6-8H2,1H3.